The van der Waals surface area contributed by atoms with Gasteiger partial charge < -0.3 is 10.1 Å². The van der Waals surface area contributed by atoms with Gasteiger partial charge in [-0.2, -0.15) is 0 Å². The fraction of sp³-hybridized carbons (Fsp3) is 0.471. The zero-order valence-corrected chi connectivity index (χ0v) is 13.6. The highest BCUT2D eigenvalue weighted by Gasteiger charge is 2.24. The quantitative estimate of drug-likeness (QED) is 0.919. The molecule has 0 atom stereocenters. The number of aryl methyl sites for hydroxylation is 1. The summed E-state index contributed by atoms with van der Waals surface area (Å²) in [4.78, 5) is 12.4. The van der Waals surface area contributed by atoms with Crippen LogP contribution >= 0.6 is 0 Å². The van der Waals surface area contributed by atoms with Crippen molar-refractivity contribution in [3.05, 3.63) is 41.1 Å². The Labute approximate surface area is 135 Å². The number of carbonyl (C=O) groups is 1. The average molecular weight is 314 g/mol. The Bertz CT molecular complexity index is 672. The molecule has 1 saturated carbocycles. The van der Waals surface area contributed by atoms with Crippen molar-refractivity contribution in [1.29, 1.82) is 0 Å². The Morgan fingerprint density at radius 2 is 2.00 bits per heavy atom. The summed E-state index contributed by atoms with van der Waals surface area (Å²) in [6, 6.07) is 8.41. The van der Waals surface area contributed by atoms with E-state index in [4.69, 9.17) is 4.74 Å². The van der Waals surface area contributed by atoms with Gasteiger partial charge in [0, 0.05) is 6.04 Å². The van der Waals surface area contributed by atoms with Crippen LogP contribution < -0.4 is 10.1 Å². The van der Waals surface area contributed by atoms with Gasteiger partial charge in [-0.1, -0.05) is 47.9 Å². The smallest absolute Gasteiger partial charge is 0.277 e. The lowest BCUT2D eigenvalue weighted by molar-refractivity contribution is 0.0929. The first-order chi connectivity index (χ1) is 11.2. The molecule has 0 saturated heterocycles. The second-order valence-corrected chi connectivity index (χ2v) is 6.05. The van der Waals surface area contributed by atoms with Crippen LogP contribution in [-0.2, 0) is 6.54 Å². The summed E-state index contributed by atoms with van der Waals surface area (Å²) >= 11 is 0. The first kappa shape index (κ1) is 15.5. The van der Waals surface area contributed by atoms with Crippen LogP contribution in [0.4, 0.5) is 0 Å². The zero-order chi connectivity index (χ0) is 16.2. The molecule has 3 rings (SSSR count). The molecule has 0 spiro atoms. The SMILES string of the molecule is COc1c(C(=O)NC2CCCC2)nnn1Cc1ccc(C)cc1. The zero-order valence-electron chi connectivity index (χ0n) is 13.6. The van der Waals surface area contributed by atoms with Crippen LogP contribution in [0.1, 0.15) is 47.3 Å². The molecule has 0 unspecified atom stereocenters. The van der Waals surface area contributed by atoms with E-state index in [0.29, 0.717) is 12.4 Å². The number of hydrogen-bond donors (Lipinski definition) is 1. The van der Waals surface area contributed by atoms with Crippen LogP contribution in [-0.4, -0.2) is 34.1 Å². The van der Waals surface area contributed by atoms with Gasteiger partial charge in [0.05, 0.1) is 13.7 Å². The number of aromatic nitrogens is 3. The fourth-order valence-corrected chi connectivity index (χ4v) is 2.94. The average Bonchev–Trinajstić information content (AvgIpc) is 3.19. The van der Waals surface area contributed by atoms with E-state index in [9.17, 15) is 4.79 Å². The summed E-state index contributed by atoms with van der Waals surface area (Å²) in [6.45, 7) is 2.57. The number of benzene rings is 1. The van der Waals surface area contributed by atoms with Gasteiger partial charge in [-0.05, 0) is 25.3 Å². The molecule has 0 radical (unpaired) electrons. The number of hydrogen-bond acceptors (Lipinski definition) is 4. The van der Waals surface area contributed by atoms with Gasteiger partial charge in [0.15, 0.2) is 0 Å². The van der Waals surface area contributed by atoms with Gasteiger partial charge in [-0.25, -0.2) is 4.68 Å². The summed E-state index contributed by atoms with van der Waals surface area (Å²) in [7, 11) is 1.54. The predicted molar refractivity (Wildman–Crippen MR) is 86.6 cm³/mol. The maximum absolute atomic E-state index is 12.4. The van der Waals surface area contributed by atoms with Crippen molar-refractivity contribution in [3.8, 4) is 5.88 Å². The Morgan fingerprint density at radius 3 is 2.65 bits per heavy atom. The molecule has 6 heteroatoms. The third-order valence-electron chi connectivity index (χ3n) is 4.24. The first-order valence-electron chi connectivity index (χ1n) is 8.01. The number of amides is 1. The van der Waals surface area contributed by atoms with Crippen LogP contribution in [0.15, 0.2) is 24.3 Å². The summed E-state index contributed by atoms with van der Waals surface area (Å²) in [6.07, 6.45) is 4.40. The largest absolute Gasteiger partial charge is 0.479 e. The van der Waals surface area contributed by atoms with E-state index in [1.165, 1.54) is 25.5 Å². The van der Waals surface area contributed by atoms with E-state index in [1.54, 1.807) is 4.68 Å². The molecule has 1 amide bonds. The number of nitrogens with one attached hydrogen (secondary N) is 1. The number of nitrogens with zero attached hydrogens (tertiary/aromatic N) is 3. The third kappa shape index (κ3) is 3.52. The Kier molecular flexibility index (Phi) is 4.60. The Morgan fingerprint density at radius 1 is 1.30 bits per heavy atom. The van der Waals surface area contributed by atoms with E-state index >= 15 is 0 Å². The van der Waals surface area contributed by atoms with Crippen LogP contribution in [0.2, 0.25) is 0 Å². The van der Waals surface area contributed by atoms with Crippen molar-refractivity contribution in [1.82, 2.24) is 20.3 Å². The second-order valence-electron chi connectivity index (χ2n) is 6.05. The second kappa shape index (κ2) is 6.81. The minimum Gasteiger partial charge on any atom is -0.479 e. The van der Waals surface area contributed by atoms with Crippen molar-refractivity contribution in [2.45, 2.75) is 45.2 Å². The number of carbonyl (C=O) groups excluding carboxylic acids is 1. The Hall–Kier alpha value is -2.37. The van der Waals surface area contributed by atoms with Crippen LogP contribution in [0.3, 0.4) is 0 Å². The topological polar surface area (TPSA) is 69.0 Å². The van der Waals surface area contributed by atoms with Gasteiger partial charge in [0.1, 0.15) is 0 Å². The maximum Gasteiger partial charge on any atom is 0.277 e. The lowest BCUT2D eigenvalue weighted by Crippen LogP contribution is -2.33. The summed E-state index contributed by atoms with van der Waals surface area (Å²) in [5, 5.41) is 11.1. The highest BCUT2D eigenvalue weighted by atomic mass is 16.5. The lowest BCUT2D eigenvalue weighted by atomic mass is 10.1. The summed E-state index contributed by atoms with van der Waals surface area (Å²) in [5.74, 6) is 0.199. The minimum absolute atomic E-state index is 0.205. The van der Waals surface area contributed by atoms with Gasteiger partial charge in [0.25, 0.3) is 5.91 Å². The standard InChI is InChI=1S/C17H22N4O2/c1-12-7-9-13(10-8-12)11-21-17(23-2)15(19-20-21)16(22)18-14-5-3-4-6-14/h7-10,14H,3-6,11H2,1-2H3,(H,18,22). The monoisotopic (exact) mass is 314 g/mol. The summed E-state index contributed by atoms with van der Waals surface area (Å²) < 4.78 is 6.99. The van der Waals surface area contributed by atoms with Crippen LogP contribution in [0.25, 0.3) is 0 Å². The Balaban J connectivity index is 1.75. The molecule has 1 aromatic carbocycles. The van der Waals surface area contributed by atoms with Crippen molar-refractivity contribution in [3.63, 3.8) is 0 Å². The molecule has 0 aliphatic heterocycles. The van der Waals surface area contributed by atoms with Gasteiger partial charge in [0.2, 0.25) is 11.6 Å². The highest BCUT2D eigenvalue weighted by molar-refractivity contribution is 5.94. The van der Waals surface area contributed by atoms with E-state index < -0.39 is 0 Å². The molecule has 1 aliphatic rings. The van der Waals surface area contributed by atoms with Crippen molar-refractivity contribution < 1.29 is 9.53 Å². The minimum atomic E-state index is -0.205. The van der Waals surface area contributed by atoms with E-state index in [1.807, 2.05) is 31.2 Å². The molecule has 6 nitrogen and oxygen atoms in total. The number of rotatable bonds is 5. The first-order valence-corrected chi connectivity index (χ1v) is 8.01. The maximum atomic E-state index is 12.4. The van der Waals surface area contributed by atoms with Crippen molar-refractivity contribution in [2.24, 2.45) is 0 Å². The van der Waals surface area contributed by atoms with Gasteiger partial charge >= 0.3 is 0 Å². The summed E-state index contributed by atoms with van der Waals surface area (Å²) in [5.41, 5.74) is 2.55. The van der Waals surface area contributed by atoms with E-state index in [0.717, 1.165) is 18.4 Å². The molecule has 122 valence electrons. The molecule has 1 aromatic heterocycles. The molecule has 1 aliphatic carbocycles. The number of methoxy groups -OCH3 is 1. The van der Waals surface area contributed by atoms with Gasteiger partial charge in [-0.3, -0.25) is 4.79 Å². The predicted octanol–water partition coefficient (Wildman–Crippen LogP) is 2.32. The molecule has 2 aromatic rings. The third-order valence-corrected chi connectivity index (χ3v) is 4.24. The van der Waals surface area contributed by atoms with Crippen molar-refractivity contribution in [2.75, 3.05) is 7.11 Å². The van der Waals surface area contributed by atoms with Crippen LogP contribution in [0.5, 0.6) is 5.88 Å². The lowest BCUT2D eigenvalue weighted by Gasteiger charge is -2.11. The fourth-order valence-electron chi connectivity index (χ4n) is 2.94. The van der Waals surface area contributed by atoms with Gasteiger partial charge in [-0.15, -0.1) is 5.10 Å². The molecule has 0 bridgehead atoms. The van der Waals surface area contributed by atoms with E-state index in [-0.39, 0.29) is 17.6 Å². The molecule has 1 fully saturated rings. The van der Waals surface area contributed by atoms with E-state index in [2.05, 4.69) is 15.6 Å². The molecule has 1 N–H and O–H groups in total. The van der Waals surface area contributed by atoms with Crippen LogP contribution in [0, 0.1) is 6.92 Å². The normalized spacial score (nSPS) is 14.9. The highest BCUT2D eigenvalue weighted by Crippen LogP contribution is 2.21. The molecular weight excluding hydrogens is 292 g/mol. The molecule has 1 heterocycles. The molecule has 23 heavy (non-hydrogen) atoms. The molecular formula is C17H22N4O2. The number of ether oxygens (including phenoxy) is 1. The van der Waals surface area contributed by atoms with Crippen molar-refractivity contribution >= 4 is 5.91 Å².